The highest BCUT2D eigenvalue weighted by Gasteiger charge is 2.13. The van der Waals surface area contributed by atoms with E-state index in [9.17, 15) is 8.42 Å². The van der Waals surface area contributed by atoms with Crippen LogP contribution in [0.2, 0.25) is 0 Å². The van der Waals surface area contributed by atoms with Gasteiger partial charge in [0.2, 0.25) is 0 Å². The van der Waals surface area contributed by atoms with Crippen LogP contribution < -0.4 is 5.14 Å². The van der Waals surface area contributed by atoms with Crippen molar-refractivity contribution in [2.75, 3.05) is 14.1 Å². The Kier molecular flexibility index (Phi) is 3.48. The molecule has 1 unspecified atom stereocenters. The lowest BCUT2D eigenvalue weighted by Gasteiger charge is -2.19. The summed E-state index contributed by atoms with van der Waals surface area (Å²) in [6.07, 6.45) is 1.61. The van der Waals surface area contributed by atoms with Gasteiger partial charge in [0.15, 0.2) is 5.03 Å². The minimum atomic E-state index is -3.68. The van der Waals surface area contributed by atoms with Gasteiger partial charge in [0, 0.05) is 12.2 Å². The van der Waals surface area contributed by atoms with Gasteiger partial charge in [0.05, 0.1) is 6.54 Å². The third kappa shape index (κ3) is 3.29. The quantitative estimate of drug-likeness (QED) is 0.757. The second-order valence-electron chi connectivity index (χ2n) is 3.73. The maximum absolute atomic E-state index is 11.0. The van der Waals surface area contributed by atoms with Gasteiger partial charge >= 0.3 is 0 Å². The van der Waals surface area contributed by atoms with Crippen molar-refractivity contribution >= 4 is 10.0 Å². The summed E-state index contributed by atoms with van der Waals surface area (Å²) in [6.45, 7) is 2.65. The standard InChI is InChI=1S/C8H16N4O2S/c1-7(11(2)3)6-12-5-4-8(10-12)15(9,13)14/h4-5,7H,6H2,1-3H3,(H2,9,13,14). The molecule has 15 heavy (non-hydrogen) atoms. The molecular weight excluding hydrogens is 216 g/mol. The molecule has 0 aliphatic rings. The summed E-state index contributed by atoms with van der Waals surface area (Å²) in [6, 6.07) is 1.68. The van der Waals surface area contributed by atoms with Gasteiger partial charge in [-0.05, 0) is 27.1 Å². The largest absolute Gasteiger partial charge is 0.305 e. The highest BCUT2D eigenvalue weighted by molar-refractivity contribution is 7.89. The first-order valence-electron chi connectivity index (χ1n) is 4.53. The van der Waals surface area contributed by atoms with Gasteiger partial charge < -0.3 is 4.90 Å². The van der Waals surface area contributed by atoms with E-state index in [1.54, 1.807) is 10.9 Å². The van der Waals surface area contributed by atoms with E-state index in [4.69, 9.17) is 5.14 Å². The maximum Gasteiger partial charge on any atom is 0.257 e. The van der Waals surface area contributed by atoms with Gasteiger partial charge in [-0.1, -0.05) is 0 Å². The minimum absolute atomic E-state index is 0.0894. The van der Waals surface area contributed by atoms with E-state index in [1.165, 1.54) is 6.07 Å². The molecular formula is C8H16N4O2S. The number of hydrogen-bond donors (Lipinski definition) is 1. The van der Waals surface area contributed by atoms with Crippen LogP contribution in [-0.4, -0.2) is 43.2 Å². The van der Waals surface area contributed by atoms with Gasteiger partial charge in [-0.15, -0.1) is 0 Å². The van der Waals surface area contributed by atoms with Gasteiger partial charge in [-0.25, -0.2) is 13.6 Å². The number of rotatable bonds is 4. The lowest BCUT2D eigenvalue weighted by Crippen LogP contribution is -2.29. The molecule has 1 heterocycles. The Morgan fingerprint density at radius 1 is 1.60 bits per heavy atom. The normalized spacial score (nSPS) is 14.5. The van der Waals surface area contributed by atoms with Crippen LogP contribution in [0.4, 0.5) is 0 Å². The van der Waals surface area contributed by atoms with Crippen molar-refractivity contribution in [2.24, 2.45) is 5.14 Å². The van der Waals surface area contributed by atoms with E-state index in [1.807, 2.05) is 25.9 Å². The van der Waals surface area contributed by atoms with Crippen molar-refractivity contribution < 1.29 is 8.42 Å². The van der Waals surface area contributed by atoms with Crippen LogP contribution in [0.1, 0.15) is 6.92 Å². The molecule has 0 saturated carbocycles. The Balaban J connectivity index is 2.78. The highest BCUT2D eigenvalue weighted by Crippen LogP contribution is 2.03. The monoisotopic (exact) mass is 232 g/mol. The van der Waals surface area contributed by atoms with E-state index in [0.29, 0.717) is 6.54 Å². The second kappa shape index (κ2) is 4.30. The summed E-state index contributed by atoms with van der Waals surface area (Å²) in [4.78, 5) is 2.03. The Morgan fingerprint density at radius 3 is 2.60 bits per heavy atom. The number of nitrogens with two attached hydrogens (primary N) is 1. The first-order valence-corrected chi connectivity index (χ1v) is 6.08. The van der Waals surface area contributed by atoms with Crippen molar-refractivity contribution in [1.82, 2.24) is 14.7 Å². The summed E-state index contributed by atoms with van der Waals surface area (Å²) in [5, 5.41) is 8.74. The van der Waals surface area contributed by atoms with Crippen molar-refractivity contribution in [1.29, 1.82) is 0 Å². The van der Waals surface area contributed by atoms with Gasteiger partial charge in [0.25, 0.3) is 10.0 Å². The molecule has 0 radical (unpaired) electrons. The van der Waals surface area contributed by atoms with Crippen molar-refractivity contribution in [3.8, 4) is 0 Å². The Bertz CT molecular complexity index is 424. The Morgan fingerprint density at radius 2 is 2.20 bits per heavy atom. The zero-order valence-electron chi connectivity index (χ0n) is 9.08. The fourth-order valence-electron chi connectivity index (χ4n) is 1.03. The molecule has 0 aliphatic heterocycles. The summed E-state index contributed by atoms with van der Waals surface area (Å²) in [5.41, 5.74) is 0. The first-order chi connectivity index (χ1) is 6.80. The van der Waals surface area contributed by atoms with E-state index in [0.717, 1.165) is 0 Å². The van der Waals surface area contributed by atoms with Gasteiger partial charge in [-0.2, -0.15) is 5.10 Å². The molecule has 7 heteroatoms. The average Bonchev–Trinajstić information content (AvgIpc) is 2.51. The summed E-state index contributed by atoms with van der Waals surface area (Å²) >= 11 is 0. The van der Waals surface area contributed by atoms with E-state index >= 15 is 0 Å². The number of aromatic nitrogens is 2. The van der Waals surface area contributed by atoms with Crippen LogP contribution in [0, 0.1) is 0 Å². The zero-order valence-corrected chi connectivity index (χ0v) is 9.90. The van der Waals surface area contributed by atoms with Crippen LogP contribution in [-0.2, 0) is 16.6 Å². The van der Waals surface area contributed by atoms with Crippen molar-refractivity contribution in [3.05, 3.63) is 12.3 Å². The van der Waals surface area contributed by atoms with Crippen LogP contribution in [0.15, 0.2) is 17.3 Å². The van der Waals surface area contributed by atoms with E-state index < -0.39 is 10.0 Å². The third-order valence-electron chi connectivity index (χ3n) is 2.24. The van der Waals surface area contributed by atoms with Crippen LogP contribution >= 0.6 is 0 Å². The van der Waals surface area contributed by atoms with Crippen LogP contribution in [0.3, 0.4) is 0 Å². The molecule has 1 rings (SSSR count). The van der Waals surface area contributed by atoms with E-state index in [2.05, 4.69) is 5.10 Å². The number of sulfonamides is 1. The van der Waals surface area contributed by atoms with Crippen molar-refractivity contribution in [2.45, 2.75) is 24.5 Å². The molecule has 0 fully saturated rings. The number of hydrogen-bond acceptors (Lipinski definition) is 4. The molecule has 1 aromatic rings. The smallest absolute Gasteiger partial charge is 0.257 e. The molecule has 0 bridgehead atoms. The van der Waals surface area contributed by atoms with Crippen LogP contribution in [0.5, 0.6) is 0 Å². The molecule has 0 aromatic carbocycles. The molecule has 86 valence electrons. The molecule has 6 nitrogen and oxygen atoms in total. The van der Waals surface area contributed by atoms with Crippen LogP contribution in [0.25, 0.3) is 0 Å². The number of likely N-dealkylation sites (N-methyl/N-ethyl adjacent to an activating group) is 1. The van der Waals surface area contributed by atoms with Crippen molar-refractivity contribution in [3.63, 3.8) is 0 Å². The molecule has 1 atom stereocenters. The Labute approximate surface area is 89.7 Å². The molecule has 0 spiro atoms. The number of primary sulfonamides is 1. The predicted octanol–water partition coefficient (Wildman–Crippen LogP) is -0.519. The summed E-state index contributed by atoms with van der Waals surface area (Å²) in [7, 11) is 0.223. The van der Waals surface area contributed by atoms with Gasteiger partial charge in [-0.3, -0.25) is 4.68 Å². The molecule has 1 aromatic heterocycles. The fraction of sp³-hybridized carbons (Fsp3) is 0.625. The van der Waals surface area contributed by atoms with Gasteiger partial charge in [0.1, 0.15) is 0 Å². The minimum Gasteiger partial charge on any atom is -0.305 e. The van der Waals surface area contributed by atoms with E-state index in [-0.39, 0.29) is 11.1 Å². The topological polar surface area (TPSA) is 81.2 Å². The highest BCUT2D eigenvalue weighted by atomic mass is 32.2. The SMILES string of the molecule is CC(Cn1ccc(S(N)(=O)=O)n1)N(C)C. The predicted molar refractivity (Wildman–Crippen MR) is 56.7 cm³/mol. The third-order valence-corrected chi connectivity index (χ3v) is 3.04. The first kappa shape index (κ1) is 12.2. The molecule has 2 N–H and O–H groups in total. The molecule has 0 amide bonds. The summed E-state index contributed by atoms with van der Waals surface area (Å²) < 4.78 is 23.5. The number of nitrogens with zero attached hydrogens (tertiary/aromatic N) is 3. The zero-order chi connectivity index (χ0) is 11.6. The maximum atomic E-state index is 11.0. The lowest BCUT2D eigenvalue weighted by atomic mass is 10.3. The lowest BCUT2D eigenvalue weighted by molar-refractivity contribution is 0.274. The average molecular weight is 232 g/mol. The second-order valence-corrected chi connectivity index (χ2v) is 5.24. The Hall–Kier alpha value is -0.920. The fourth-order valence-corrected chi connectivity index (χ4v) is 1.50. The molecule has 0 saturated heterocycles. The summed E-state index contributed by atoms with van der Waals surface area (Å²) in [5.74, 6) is 0. The molecule has 0 aliphatic carbocycles.